The molecule has 6 heteroatoms. The molecular formula is C27H33N5O. The summed E-state index contributed by atoms with van der Waals surface area (Å²) in [4.78, 5) is 24.8. The minimum Gasteiger partial charge on any atom is -0.368 e. The van der Waals surface area contributed by atoms with Crippen molar-refractivity contribution in [1.29, 1.82) is 0 Å². The fourth-order valence-corrected chi connectivity index (χ4v) is 5.27. The lowest BCUT2D eigenvalue weighted by Gasteiger charge is -2.41. The van der Waals surface area contributed by atoms with Gasteiger partial charge in [-0.1, -0.05) is 18.7 Å². The van der Waals surface area contributed by atoms with Crippen LogP contribution >= 0.6 is 0 Å². The molecule has 3 aliphatic heterocycles. The maximum Gasteiger partial charge on any atom is 0.251 e. The van der Waals surface area contributed by atoms with Gasteiger partial charge in [-0.25, -0.2) is 4.98 Å². The van der Waals surface area contributed by atoms with Crippen LogP contribution in [0.5, 0.6) is 0 Å². The molecule has 0 saturated carbocycles. The summed E-state index contributed by atoms with van der Waals surface area (Å²) in [6, 6.07) is 2.73. The Balaban J connectivity index is 1.38. The number of amides is 1. The zero-order valence-electron chi connectivity index (χ0n) is 19.9. The minimum atomic E-state index is 0.00316. The van der Waals surface area contributed by atoms with Crippen LogP contribution in [0.3, 0.4) is 0 Å². The average molecular weight is 444 g/mol. The van der Waals surface area contributed by atoms with E-state index >= 15 is 0 Å². The molecule has 1 unspecified atom stereocenters. The molecule has 2 saturated heterocycles. The highest BCUT2D eigenvalue weighted by Gasteiger charge is 2.32. The molecule has 0 spiro atoms. The summed E-state index contributed by atoms with van der Waals surface area (Å²) in [6.07, 6.45) is 16.5. The van der Waals surface area contributed by atoms with Crippen molar-refractivity contribution in [3.63, 3.8) is 0 Å². The number of carbonyl (C=O) groups is 1. The van der Waals surface area contributed by atoms with Crippen molar-refractivity contribution in [2.45, 2.75) is 45.7 Å². The number of aryl methyl sites for hydroxylation is 1. The lowest BCUT2D eigenvalue weighted by atomic mass is 10.1. The molecule has 2 aromatic heterocycles. The van der Waals surface area contributed by atoms with Crippen molar-refractivity contribution in [2.24, 2.45) is 0 Å². The first-order valence-corrected chi connectivity index (χ1v) is 11.9. The predicted molar refractivity (Wildman–Crippen MR) is 133 cm³/mol. The second-order valence-electron chi connectivity index (χ2n) is 9.51. The number of carbonyl (C=O) groups excluding carboxylic acids is 1. The van der Waals surface area contributed by atoms with Gasteiger partial charge >= 0.3 is 0 Å². The van der Waals surface area contributed by atoms with Gasteiger partial charge in [0, 0.05) is 55.9 Å². The van der Waals surface area contributed by atoms with Crippen molar-refractivity contribution < 1.29 is 4.79 Å². The fraction of sp³-hybridized carbons (Fsp3) is 0.407. The molecule has 6 nitrogen and oxygen atoms in total. The third-order valence-corrected chi connectivity index (χ3v) is 7.18. The number of nitrogens with zero attached hydrogens (tertiary/aromatic N) is 5. The van der Waals surface area contributed by atoms with Crippen LogP contribution < -0.4 is 0 Å². The predicted octanol–water partition coefficient (Wildman–Crippen LogP) is 4.10. The lowest BCUT2D eigenvalue weighted by Crippen LogP contribution is -2.50. The van der Waals surface area contributed by atoms with E-state index in [0.717, 1.165) is 53.4 Å². The molecule has 172 valence electrons. The van der Waals surface area contributed by atoms with Gasteiger partial charge in [-0.2, -0.15) is 0 Å². The number of hydrogen-bond donors (Lipinski definition) is 0. The summed E-state index contributed by atoms with van der Waals surface area (Å²) in [5, 5.41) is 0. The van der Waals surface area contributed by atoms with Gasteiger partial charge < -0.3 is 14.2 Å². The first kappa shape index (κ1) is 21.7. The first-order valence-electron chi connectivity index (χ1n) is 11.9. The number of aromatic nitrogens is 2. The van der Waals surface area contributed by atoms with E-state index in [-0.39, 0.29) is 11.9 Å². The summed E-state index contributed by atoms with van der Waals surface area (Å²) in [6.45, 7) is 14.4. The maximum atomic E-state index is 13.3. The molecule has 0 N–H and O–H groups in total. The molecule has 2 aromatic rings. The van der Waals surface area contributed by atoms with Crippen molar-refractivity contribution >= 4 is 23.2 Å². The topological polar surface area (TPSA) is 44.1 Å². The van der Waals surface area contributed by atoms with Gasteiger partial charge in [0.15, 0.2) is 0 Å². The Kier molecular flexibility index (Phi) is 5.71. The van der Waals surface area contributed by atoms with Gasteiger partial charge in [-0.3, -0.25) is 9.69 Å². The third kappa shape index (κ3) is 4.15. The highest BCUT2D eigenvalue weighted by Crippen LogP contribution is 2.27. The van der Waals surface area contributed by atoms with Crippen LogP contribution in [0.25, 0.3) is 17.3 Å². The van der Waals surface area contributed by atoms with Crippen LogP contribution in [-0.2, 0) is 4.79 Å². The monoisotopic (exact) mass is 443 g/mol. The highest BCUT2D eigenvalue weighted by atomic mass is 16.2. The molecule has 0 bridgehead atoms. The number of rotatable bonds is 4. The molecular weight excluding hydrogens is 410 g/mol. The molecule has 1 amide bonds. The summed E-state index contributed by atoms with van der Waals surface area (Å²) in [7, 11) is 0. The van der Waals surface area contributed by atoms with Crippen LogP contribution in [0, 0.1) is 6.92 Å². The van der Waals surface area contributed by atoms with Crippen LogP contribution in [0.4, 0.5) is 0 Å². The number of piperazine rings is 1. The normalized spacial score (nSPS) is 23.7. The van der Waals surface area contributed by atoms with E-state index in [1.54, 1.807) is 6.08 Å². The van der Waals surface area contributed by atoms with Gasteiger partial charge in [0.25, 0.3) is 5.91 Å². The zero-order valence-corrected chi connectivity index (χ0v) is 19.9. The van der Waals surface area contributed by atoms with Crippen molar-refractivity contribution in [2.75, 3.05) is 26.2 Å². The van der Waals surface area contributed by atoms with E-state index in [9.17, 15) is 4.79 Å². The minimum absolute atomic E-state index is 0.00316. The quantitative estimate of drug-likeness (QED) is 0.668. The van der Waals surface area contributed by atoms with Crippen molar-refractivity contribution in [1.82, 2.24) is 24.1 Å². The van der Waals surface area contributed by atoms with E-state index in [1.807, 2.05) is 47.8 Å². The Bertz CT molecular complexity index is 1190. The van der Waals surface area contributed by atoms with Gasteiger partial charge in [0.1, 0.15) is 5.65 Å². The van der Waals surface area contributed by atoms with E-state index in [2.05, 4.69) is 46.5 Å². The van der Waals surface area contributed by atoms with Gasteiger partial charge in [0.05, 0.1) is 17.4 Å². The number of imidazole rings is 1. The first-order chi connectivity index (χ1) is 15.9. The Morgan fingerprint density at radius 1 is 1.24 bits per heavy atom. The summed E-state index contributed by atoms with van der Waals surface area (Å²) >= 11 is 0. The molecule has 2 fully saturated rings. The molecule has 3 aliphatic rings. The largest absolute Gasteiger partial charge is 0.368 e. The van der Waals surface area contributed by atoms with Crippen LogP contribution in [0.2, 0.25) is 0 Å². The zero-order chi connectivity index (χ0) is 23.1. The van der Waals surface area contributed by atoms with E-state index in [1.165, 1.54) is 19.4 Å². The SMILES string of the molecule is C=Cc1cc(/C(C)=C/C(=O)N2C=C(N3CCN4CCC[C@@H]4C3)C=CC2C)cn2cc(C)nc12. The summed E-state index contributed by atoms with van der Waals surface area (Å²) < 4.78 is 2.01. The standard InChI is InChI=1S/C27H33N5O/c1-5-22-14-23(16-31-15-20(3)28-27(22)31)19(2)13-26(33)32-18-25(9-8-21(32)4)30-12-11-29-10-6-7-24(29)17-30/h5,8-9,13-16,18,21,24H,1,6-7,10-12,17H2,2-4H3/b19-13+/t21?,24-/m1/s1. The smallest absolute Gasteiger partial charge is 0.251 e. The van der Waals surface area contributed by atoms with Crippen molar-refractivity contribution in [3.8, 4) is 0 Å². The second kappa shape index (κ2) is 8.67. The second-order valence-corrected chi connectivity index (χ2v) is 9.51. The van der Waals surface area contributed by atoms with Crippen LogP contribution in [-0.4, -0.2) is 68.3 Å². The molecule has 33 heavy (non-hydrogen) atoms. The maximum absolute atomic E-state index is 13.3. The van der Waals surface area contributed by atoms with E-state index in [0.29, 0.717) is 6.04 Å². The molecule has 5 heterocycles. The molecule has 5 rings (SSSR count). The molecule has 2 atom stereocenters. The van der Waals surface area contributed by atoms with Crippen molar-refractivity contribution in [3.05, 3.63) is 72.0 Å². The lowest BCUT2D eigenvalue weighted by molar-refractivity contribution is -0.124. The highest BCUT2D eigenvalue weighted by molar-refractivity contribution is 5.96. The molecule has 0 radical (unpaired) electrons. The Hall–Kier alpha value is -3.12. The number of pyridine rings is 1. The molecule has 0 aromatic carbocycles. The number of hydrogen-bond acceptors (Lipinski definition) is 4. The third-order valence-electron chi connectivity index (χ3n) is 7.18. The van der Waals surface area contributed by atoms with E-state index in [4.69, 9.17) is 0 Å². The van der Waals surface area contributed by atoms with Gasteiger partial charge in [-0.15, -0.1) is 0 Å². The number of allylic oxidation sites excluding steroid dienone is 2. The van der Waals surface area contributed by atoms with Gasteiger partial charge in [-0.05, 0) is 63.4 Å². The van der Waals surface area contributed by atoms with Crippen LogP contribution in [0.15, 0.2) is 55.2 Å². The average Bonchev–Trinajstić information content (AvgIpc) is 3.43. The number of fused-ring (bicyclic) bond motifs is 2. The Labute approximate surface area is 196 Å². The Morgan fingerprint density at radius 2 is 2.09 bits per heavy atom. The van der Waals surface area contributed by atoms with Gasteiger partial charge in [0.2, 0.25) is 0 Å². The summed E-state index contributed by atoms with van der Waals surface area (Å²) in [5.41, 5.74) is 5.86. The van der Waals surface area contributed by atoms with Crippen LogP contribution in [0.1, 0.15) is 43.5 Å². The van der Waals surface area contributed by atoms with E-state index < -0.39 is 0 Å². The summed E-state index contributed by atoms with van der Waals surface area (Å²) in [5.74, 6) is 0.00316. The fourth-order valence-electron chi connectivity index (χ4n) is 5.27. The molecule has 0 aliphatic carbocycles. The Morgan fingerprint density at radius 3 is 2.91 bits per heavy atom.